The fraction of sp³-hybridized carbons (Fsp3) is 0.500. The molecule has 104 valence electrons. The second kappa shape index (κ2) is 5.39. The molecule has 1 aliphatic carbocycles. The van der Waals surface area contributed by atoms with Crippen LogP contribution in [0.15, 0.2) is 18.2 Å². The Labute approximate surface area is 118 Å². The number of fused-ring (bicyclic) bond motifs is 1. The highest BCUT2D eigenvalue weighted by atomic mass is 35.5. The maximum atomic E-state index is 10.5. The maximum absolute atomic E-state index is 10.5. The number of halogens is 1. The summed E-state index contributed by atoms with van der Waals surface area (Å²) in [7, 11) is 0. The molecule has 5 heteroatoms. The third kappa shape index (κ3) is 3.19. The van der Waals surface area contributed by atoms with Crippen molar-refractivity contribution in [3.8, 4) is 0 Å². The number of amides is 1. The number of carbonyl (C=O) groups is 1. The van der Waals surface area contributed by atoms with Gasteiger partial charge in [0.05, 0.1) is 0 Å². The van der Waals surface area contributed by atoms with Gasteiger partial charge in [0.1, 0.15) is 6.61 Å². The van der Waals surface area contributed by atoms with Gasteiger partial charge < -0.3 is 15.8 Å². The fourth-order valence-electron chi connectivity index (χ4n) is 2.75. The van der Waals surface area contributed by atoms with E-state index >= 15 is 0 Å². The van der Waals surface area contributed by atoms with Gasteiger partial charge in [0.2, 0.25) is 0 Å². The number of primary amides is 1. The first kappa shape index (κ1) is 14.2. The average Bonchev–Trinajstić information content (AvgIpc) is 2.55. The molecule has 1 aromatic carbocycles. The largest absolute Gasteiger partial charge is 0.448 e. The lowest BCUT2D eigenvalue weighted by Crippen LogP contribution is -2.34. The molecular weight excluding hydrogens is 264 g/mol. The molecule has 1 aliphatic rings. The highest BCUT2D eigenvalue weighted by Crippen LogP contribution is 2.45. The number of hydrogen-bond acceptors (Lipinski definition) is 3. The number of rotatable bonds is 4. The quantitative estimate of drug-likeness (QED) is 0.835. The minimum atomic E-state index is -0.740. The van der Waals surface area contributed by atoms with Crippen molar-refractivity contribution < 1.29 is 9.53 Å². The van der Waals surface area contributed by atoms with Crippen LogP contribution in [0.3, 0.4) is 0 Å². The SMILES string of the molecule is CC1(C)Cc2ccc(Cl)cc2C1NCCOC(N)=O. The fourth-order valence-corrected chi connectivity index (χ4v) is 2.93. The summed E-state index contributed by atoms with van der Waals surface area (Å²) >= 11 is 6.07. The first-order valence-electron chi connectivity index (χ1n) is 6.34. The number of benzene rings is 1. The highest BCUT2D eigenvalue weighted by molar-refractivity contribution is 6.30. The number of ether oxygens (including phenoxy) is 1. The lowest BCUT2D eigenvalue weighted by atomic mass is 9.85. The second-order valence-electron chi connectivity index (χ2n) is 5.56. The van der Waals surface area contributed by atoms with E-state index in [1.54, 1.807) is 0 Å². The van der Waals surface area contributed by atoms with Crippen LogP contribution >= 0.6 is 11.6 Å². The van der Waals surface area contributed by atoms with E-state index in [0.29, 0.717) is 6.54 Å². The predicted molar refractivity (Wildman–Crippen MR) is 75.2 cm³/mol. The first-order valence-corrected chi connectivity index (χ1v) is 6.72. The Kier molecular flexibility index (Phi) is 4.02. The molecule has 0 heterocycles. The van der Waals surface area contributed by atoms with Crippen molar-refractivity contribution in [2.45, 2.75) is 26.3 Å². The Morgan fingerprint density at radius 2 is 2.32 bits per heavy atom. The lowest BCUT2D eigenvalue weighted by Gasteiger charge is -2.28. The minimum absolute atomic E-state index is 0.111. The summed E-state index contributed by atoms with van der Waals surface area (Å²) in [6.07, 6.45) is 0.268. The van der Waals surface area contributed by atoms with Crippen LogP contribution in [0.2, 0.25) is 5.02 Å². The van der Waals surface area contributed by atoms with Crippen LogP contribution in [0.25, 0.3) is 0 Å². The zero-order valence-corrected chi connectivity index (χ0v) is 12.0. The molecule has 0 fully saturated rings. The molecule has 0 aromatic heterocycles. The summed E-state index contributed by atoms with van der Waals surface area (Å²) < 4.78 is 4.73. The molecule has 1 atom stereocenters. The molecule has 3 N–H and O–H groups in total. The monoisotopic (exact) mass is 282 g/mol. The molecule has 0 spiro atoms. The zero-order valence-electron chi connectivity index (χ0n) is 11.2. The van der Waals surface area contributed by atoms with Gasteiger partial charge in [-0.3, -0.25) is 0 Å². The van der Waals surface area contributed by atoms with E-state index in [4.69, 9.17) is 22.1 Å². The van der Waals surface area contributed by atoms with Crippen molar-refractivity contribution in [1.29, 1.82) is 0 Å². The van der Waals surface area contributed by atoms with Gasteiger partial charge in [-0.2, -0.15) is 0 Å². The van der Waals surface area contributed by atoms with Gasteiger partial charge in [-0.1, -0.05) is 31.5 Å². The molecule has 0 aliphatic heterocycles. The van der Waals surface area contributed by atoms with Crippen LogP contribution in [-0.2, 0) is 11.2 Å². The normalized spacial score (nSPS) is 20.1. The Morgan fingerprint density at radius 1 is 1.58 bits per heavy atom. The number of carbonyl (C=O) groups excluding carboxylic acids is 1. The van der Waals surface area contributed by atoms with Gasteiger partial charge in [-0.15, -0.1) is 0 Å². The molecule has 0 radical (unpaired) electrons. The van der Waals surface area contributed by atoms with Crippen molar-refractivity contribution >= 4 is 17.7 Å². The minimum Gasteiger partial charge on any atom is -0.448 e. The Balaban J connectivity index is 2.06. The first-order chi connectivity index (χ1) is 8.90. The third-order valence-electron chi connectivity index (χ3n) is 3.54. The van der Waals surface area contributed by atoms with Gasteiger partial charge >= 0.3 is 6.09 Å². The molecule has 2 rings (SSSR count). The number of nitrogens with two attached hydrogens (primary N) is 1. The van der Waals surface area contributed by atoms with Crippen molar-refractivity contribution in [3.63, 3.8) is 0 Å². The topological polar surface area (TPSA) is 64.3 Å². The molecule has 0 bridgehead atoms. The summed E-state index contributed by atoms with van der Waals surface area (Å²) in [6.45, 7) is 5.28. The molecular formula is C14H19ClN2O2. The summed E-state index contributed by atoms with van der Waals surface area (Å²) in [4.78, 5) is 10.5. The third-order valence-corrected chi connectivity index (χ3v) is 3.78. The Morgan fingerprint density at radius 3 is 3.00 bits per heavy atom. The van der Waals surface area contributed by atoms with Crippen molar-refractivity contribution in [3.05, 3.63) is 34.3 Å². The number of hydrogen-bond donors (Lipinski definition) is 2. The average molecular weight is 283 g/mol. The van der Waals surface area contributed by atoms with Gasteiger partial charge in [-0.25, -0.2) is 4.79 Å². The number of nitrogens with one attached hydrogen (secondary N) is 1. The van der Waals surface area contributed by atoms with Crippen LogP contribution in [-0.4, -0.2) is 19.2 Å². The van der Waals surface area contributed by atoms with E-state index in [1.807, 2.05) is 12.1 Å². The lowest BCUT2D eigenvalue weighted by molar-refractivity contribution is 0.152. The maximum Gasteiger partial charge on any atom is 0.404 e. The second-order valence-corrected chi connectivity index (χ2v) is 6.00. The molecule has 19 heavy (non-hydrogen) atoms. The van der Waals surface area contributed by atoms with Gasteiger partial charge in [0.25, 0.3) is 0 Å². The van der Waals surface area contributed by atoms with Crippen molar-refractivity contribution in [2.75, 3.05) is 13.2 Å². The van der Waals surface area contributed by atoms with E-state index in [9.17, 15) is 4.79 Å². The van der Waals surface area contributed by atoms with Crippen LogP contribution in [0.5, 0.6) is 0 Å². The molecule has 4 nitrogen and oxygen atoms in total. The standard InChI is InChI=1S/C14H19ClN2O2/c1-14(2)8-9-3-4-10(15)7-11(9)12(14)17-5-6-19-13(16)18/h3-4,7,12,17H,5-6,8H2,1-2H3,(H2,16,18). The van der Waals surface area contributed by atoms with E-state index in [1.165, 1.54) is 11.1 Å². The van der Waals surface area contributed by atoms with E-state index < -0.39 is 6.09 Å². The van der Waals surface area contributed by atoms with E-state index in [-0.39, 0.29) is 18.1 Å². The molecule has 1 amide bonds. The van der Waals surface area contributed by atoms with Crippen LogP contribution in [0.4, 0.5) is 4.79 Å². The summed E-state index contributed by atoms with van der Waals surface area (Å²) in [5.41, 5.74) is 7.60. The molecule has 0 saturated heterocycles. The van der Waals surface area contributed by atoms with Crippen LogP contribution in [0, 0.1) is 5.41 Å². The predicted octanol–water partition coefficient (Wildman–Crippen LogP) is 2.65. The van der Waals surface area contributed by atoms with E-state index in [2.05, 4.69) is 25.2 Å². The summed E-state index contributed by atoms with van der Waals surface area (Å²) in [5, 5.41) is 4.17. The molecule has 0 saturated carbocycles. The molecule has 1 aromatic rings. The Hall–Kier alpha value is -1.26. The molecule has 1 unspecified atom stereocenters. The Bertz CT molecular complexity index is 488. The summed E-state index contributed by atoms with van der Waals surface area (Å²) in [6, 6.07) is 6.23. The van der Waals surface area contributed by atoms with Gasteiger partial charge in [0.15, 0.2) is 0 Å². The van der Waals surface area contributed by atoms with Crippen molar-refractivity contribution in [1.82, 2.24) is 5.32 Å². The summed E-state index contributed by atoms with van der Waals surface area (Å²) in [5.74, 6) is 0. The van der Waals surface area contributed by atoms with Crippen LogP contribution < -0.4 is 11.1 Å². The van der Waals surface area contributed by atoms with E-state index in [0.717, 1.165) is 11.4 Å². The van der Waals surface area contributed by atoms with Crippen molar-refractivity contribution in [2.24, 2.45) is 11.1 Å². The zero-order chi connectivity index (χ0) is 14.0. The smallest absolute Gasteiger partial charge is 0.404 e. The highest BCUT2D eigenvalue weighted by Gasteiger charge is 2.38. The van der Waals surface area contributed by atoms with Gasteiger partial charge in [0, 0.05) is 17.6 Å². The van der Waals surface area contributed by atoms with Gasteiger partial charge in [-0.05, 0) is 35.1 Å². The van der Waals surface area contributed by atoms with Crippen LogP contribution in [0.1, 0.15) is 31.0 Å².